The number of hydrogen-bond donors (Lipinski definition) is 0. The summed E-state index contributed by atoms with van der Waals surface area (Å²) in [5.41, 5.74) is 6.72. The first-order chi connectivity index (χ1) is 24.3. The van der Waals surface area contributed by atoms with E-state index in [0.29, 0.717) is 17.5 Å². The van der Waals surface area contributed by atoms with E-state index in [0.717, 1.165) is 71.3 Å². The number of nitrogens with zero attached hydrogens (tertiary/aromatic N) is 3. The Hall–Kier alpha value is -6.65. The van der Waals surface area contributed by atoms with E-state index in [4.69, 9.17) is 19.4 Å². The summed E-state index contributed by atoms with van der Waals surface area (Å²) in [7, 11) is 0. The van der Waals surface area contributed by atoms with Crippen LogP contribution in [0.15, 0.2) is 168 Å². The van der Waals surface area contributed by atoms with Crippen LogP contribution in [0.2, 0.25) is 0 Å². The van der Waals surface area contributed by atoms with Gasteiger partial charge in [0.2, 0.25) is 0 Å². The van der Waals surface area contributed by atoms with Crippen molar-refractivity contribution < 1.29 is 4.42 Å². The van der Waals surface area contributed by atoms with Crippen LogP contribution >= 0.6 is 0 Å². The van der Waals surface area contributed by atoms with Crippen molar-refractivity contribution in [3.05, 3.63) is 164 Å². The fourth-order valence-corrected chi connectivity index (χ4v) is 7.27. The quantitative estimate of drug-likeness (QED) is 0.183. The Morgan fingerprint density at radius 1 is 0.347 bits per heavy atom. The molecule has 49 heavy (non-hydrogen) atoms. The SMILES string of the molecule is c1ccc(-c2nc(-c3cc4ccccc4c4ccccc34)nc(-c3cc4cccc(-c5ccccc5)c4c4oc5ccccc5c34)n2)cc1. The third kappa shape index (κ3) is 4.42. The van der Waals surface area contributed by atoms with Gasteiger partial charge in [-0.05, 0) is 56.3 Å². The smallest absolute Gasteiger partial charge is 0.164 e. The summed E-state index contributed by atoms with van der Waals surface area (Å²) >= 11 is 0. The lowest BCUT2D eigenvalue weighted by molar-refractivity contribution is 0.673. The Bertz CT molecular complexity index is 2880. The summed E-state index contributed by atoms with van der Waals surface area (Å²) in [6.07, 6.45) is 0. The molecule has 0 spiro atoms. The van der Waals surface area contributed by atoms with E-state index in [1.807, 2.05) is 36.4 Å². The van der Waals surface area contributed by atoms with Crippen molar-refractivity contribution in [3.63, 3.8) is 0 Å². The van der Waals surface area contributed by atoms with Crippen molar-refractivity contribution in [2.45, 2.75) is 0 Å². The molecular weight excluding hydrogens is 599 g/mol. The lowest BCUT2D eigenvalue weighted by Crippen LogP contribution is -2.01. The average molecular weight is 626 g/mol. The van der Waals surface area contributed by atoms with E-state index in [9.17, 15) is 0 Å². The molecule has 0 N–H and O–H groups in total. The van der Waals surface area contributed by atoms with Gasteiger partial charge < -0.3 is 4.42 Å². The topological polar surface area (TPSA) is 51.8 Å². The van der Waals surface area contributed by atoms with Gasteiger partial charge >= 0.3 is 0 Å². The normalized spacial score (nSPS) is 11.7. The number of rotatable bonds is 4. The average Bonchev–Trinajstić information content (AvgIpc) is 3.57. The third-order valence-corrected chi connectivity index (χ3v) is 9.49. The van der Waals surface area contributed by atoms with E-state index in [2.05, 4.69) is 127 Å². The molecule has 0 radical (unpaired) electrons. The highest BCUT2D eigenvalue weighted by atomic mass is 16.3. The molecular formula is C45H27N3O. The molecule has 2 heterocycles. The van der Waals surface area contributed by atoms with E-state index in [1.165, 1.54) is 10.8 Å². The van der Waals surface area contributed by atoms with Crippen LogP contribution in [0.25, 0.3) is 99.5 Å². The first kappa shape index (κ1) is 27.5. The van der Waals surface area contributed by atoms with Gasteiger partial charge in [0.15, 0.2) is 17.5 Å². The number of benzene rings is 8. The zero-order chi connectivity index (χ0) is 32.3. The molecule has 8 aromatic carbocycles. The van der Waals surface area contributed by atoms with Crippen LogP contribution in [0.1, 0.15) is 0 Å². The van der Waals surface area contributed by atoms with Gasteiger partial charge in [-0.25, -0.2) is 15.0 Å². The number of fused-ring (bicyclic) bond motifs is 8. The van der Waals surface area contributed by atoms with Crippen LogP contribution in [0.5, 0.6) is 0 Å². The van der Waals surface area contributed by atoms with Crippen molar-refractivity contribution in [2.75, 3.05) is 0 Å². The Morgan fingerprint density at radius 2 is 0.918 bits per heavy atom. The number of hydrogen-bond acceptors (Lipinski definition) is 4. The Morgan fingerprint density at radius 3 is 1.71 bits per heavy atom. The van der Waals surface area contributed by atoms with Gasteiger partial charge in [-0.1, -0.05) is 146 Å². The fourth-order valence-electron chi connectivity index (χ4n) is 7.27. The number of aromatic nitrogens is 3. The van der Waals surface area contributed by atoms with Crippen molar-refractivity contribution in [1.29, 1.82) is 0 Å². The van der Waals surface area contributed by atoms with Crippen molar-refractivity contribution in [1.82, 2.24) is 15.0 Å². The van der Waals surface area contributed by atoms with Gasteiger partial charge in [-0.2, -0.15) is 0 Å². The molecule has 0 unspecified atom stereocenters. The molecule has 10 aromatic rings. The van der Waals surface area contributed by atoms with Crippen molar-refractivity contribution in [3.8, 4) is 45.3 Å². The summed E-state index contributed by atoms with van der Waals surface area (Å²) in [6.45, 7) is 0. The molecule has 0 fully saturated rings. The highest BCUT2D eigenvalue weighted by Crippen LogP contribution is 2.44. The maximum absolute atomic E-state index is 6.75. The van der Waals surface area contributed by atoms with Crippen LogP contribution in [-0.2, 0) is 0 Å². The fraction of sp³-hybridized carbons (Fsp3) is 0. The molecule has 228 valence electrons. The van der Waals surface area contributed by atoms with Crippen LogP contribution in [0, 0.1) is 0 Å². The number of furan rings is 1. The van der Waals surface area contributed by atoms with E-state index < -0.39 is 0 Å². The maximum Gasteiger partial charge on any atom is 0.164 e. The molecule has 0 saturated heterocycles. The van der Waals surface area contributed by atoms with Crippen LogP contribution in [0.3, 0.4) is 0 Å². The summed E-state index contributed by atoms with van der Waals surface area (Å²) in [5, 5.41) is 8.76. The monoisotopic (exact) mass is 625 g/mol. The largest absolute Gasteiger partial charge is 0.455 e. The standard InChI is InChI=1S/C45H27N3O/c1-3-14-28(15-4-1)33-24-13-19-31-27-38(41-36-23-11-12-25-39(36)49-42(41)40(31)33)45-47-43(29-16-5-2-6-17-29)46-44(48-45)37-26-30-18-7-8-20-32(30)34-21-9-10-22-35(34)37/h1-27H. The molecule has 0 bridgehead atoms. The minimum Gasteiger partial charge on any atom is -0.455 e. The van der Waals surface area contributed by atoms with Crippen LogP contribution < -0.4 is 0 Å². The van der Waals surface area contributed by atoms with Gasteiger partial charge in [0, 0.05) is 32.8 Å². The highest BCUT2D eigenvalue weighted by molar-refractivity contribution is 6.23. The van der Waals surface area contributed by atoms with Crippen molar-refractivity contribution >= 4 is 54.3 Å². The second kappa shape index (κ2) is 11.0. The van der Waals surface area contributed by atoms with E-state index >= 15 is 0 Å². The molecule has 0 amide bonds. The second-order valence-electron chi connectivity index (χ2n) is 12.4. The van der Waals surface area contributed by atoms with Crippen LogP contribution in [0.4, 0.5) is 0 Å². The molecule has 10 rings (SSSR count). The van der Waals surface area contributed by atoms with E-state index in [1.54, 1.807) is 0 Å². The van der Waals surface area contributed by atoms with Crippen LogP contribution in [-0.4, -0.2) is 15.0 Å². The van der Waals surface area contributed by atoms with Gasteiger partial charge in [0.05, 0.1) is 0 Å². The van der Waals surface area contributed by atoms with Gasteiger partial charge in [0.1, 0.15) is 11.2 Å². The zero-order valence-corrected chi connectivity index (χ0v) is 26.3. The molecule has 2 aromatic heterocycles. The lowest BCUT2D eigenvalue weighted by Gasteiger charge is -2.14. The highest BCUT2D eigenvalue weighted by Gasteiger charge is 2.22. The van der Waals surface area contributed by atoms with Gasteiger partial charge in [-0.15, -0.1) is 0 Å². The molecule has 4 nitrogen and oxygen atoms in total. The minimum atomic E-state index is 0.602. The molecule has 0 atom stereocenters. The second-order valence-corrected chi connectivity index (χ2v) is 12.4. The summed E-state index contributed by atoms with van der Waals surface area (Å²) < 4.78 is 6.75. The Kier molecular flexibility index (Phi) is 6.15. The Balaban J connectivity index is 1.32. The number of para-hydroxylation sites is 1. The summed E-state index contributed by atoms with van der Waals surface area (Å²) in [5.74, 6) is 1.85. The molecule has 0 saturated carbocycles. The first-order valence-corrected chi connectivity index (χ1v) is 16.5. The maximum atomic E-state index is 6.75. The van der Waals surface area contributed by atoms with Gasteiger partial charge in [0.25, 0.3) is 0 Å². The minimum absolute atomic E-state index is 0.602. The molecule has 0 aliphatic heterocycles. The predicted octanol–water partition coefficient (Wildman–Crippen LogP) is 11.9. The predicted molar refractivity (Wildman–Crippen MR) is 201 cm³/mol. The van der Waals surface area contributed by atoms with Crippen molar-refractivity contribution in [2.24, 2.45) is 0 Å². The zero-order valence-electron chi connectivity index (χ0n) is 26.3. The summed E-state index contributed by atoms with van der Waals surface area (Å²) in [6, 6.07) is 56.7. The molecule has 0 aliphatic rings. The Labute approximate surface area is 282 Å². The third-order valence-electron chi connectivity index (χ3n) is 9.49. The first-order valence-electron chi connectivity index (χ1n) is 16.5. The van der Waals surface area contributed by atoms with Gasteiger partial charge in [-0.3, -0.25) is 0 Å². The summed E-state index contributed by atoms with van der Waals surface area (Å²) in [4.78, 5) is 15.7. The molecule has 4 heteroatoms. The van der Waals surface area contributed by atoms with E-state index in [-0.39, 0.29) is 0 Å². The molecule has 0 aliphatic carbocycles. The lowest BCUT2D eigenvalue weighted by atomic mass is 9.93.